The first-order chi connectivity index (χ1) is 10.6. The van der Waals surface area contributed by atoms with Crippen LogP contribution in [0.3, 0.4) is 0 Å². The SMILES string of the molecule is CCN(CC1CCOC1)C(=O)c1ccc2[nH]c(C)c(C)c2c1. The van der Waals surface area contributed by atoms with Crippen LogP contribution >= 0.6 is 0 Å². The normalized spacial score (nSPS) is 18.0. The van der Waals surface area contributed by atoms with Gasteiger partial charge in [-0.3, -0.25) is 4.79 Å². The maximum Gasteiger partial charge on any atom is 0.253 e. The van der Waals surface area contributed by atoms with Gasteiger partial charge in [0.15, 0.2) is 0 Å². The van der Waals surface area contributed by atoms with E-state index in [1.54, 1.807) is 0 Å². The smallest absolute Gasteiger partial charge is 0.253 e. The van der Waals surface area contributed by atoms with Crippen LogP contribution in [0.4, 0.5) is 0 Å². The molecule has 2 aromatic rings. The lowest BCUT2D eigenvalue weighted by atomic mass is 10.1. The number of hydrogen-bond acceptors (Lipinski definition) is 2. The molecule has 0 radical (unpaired) electrons. The molecule has 0 aliphatic carbocycles. The number of hydrogen-bond donors (Lipinski definition) is 1. The van der Waals surface area contributed by atoms with Gasteiger partial charge in [0.05, 0.1) is 6.61 Å². The molecule has 1 amide bonds. The van der Waals surface area contributed by atoms with Gasteiger partial charge in [-0.15, -0.1) is 0 Å². The molecule has 0 saturated carbocycles. The molecule has 118 valence electrons. The van der Waals surface area contributed by atoms with Crippen molar-refractivity contribution in [1.82, 2.24) is 9.88 Å². The van der Waals surface area contributed by atoms with Crippen molar-refractivity contribution in [2.24, 2.45) is 5.92 Å². The van der Waals surface area contributed by atoms with Gasteiger partial charge in [-0.25, -0.2) is 0 Å². The number of aromatic amines is 1. The lowest BCUT2D eigenvalue weighted by Gasteiger charge is -2.24. The second kappa shape index (κ2) is 6.13. The molecule has 1 aromatic heterocycles. The number of benzene rings is 1. The number of nitrogens with zero attached hydrogens (tertiary/aromatic N) is 1. The highest BCUT2D eigenvalue weighted by Gasteiger charge is 2.22. The Morgan fingerprint density at radius 2 is 2.23 bits per heavy atom. The molecule has 4 heteroatoms. The largest absolute Gasteiger partial charge is 0.381 e. The molecule has 1 atom stereocenters. The van der Waals surface area contributed by atoms with Crippen LogP contribution in [0.5, 0.6) is 0 Å². The number of carbonyl (C=O) groups is 1. The molecular weight excluding hydrogens is 276 g/mol. The Hall–Kier alpha value is -1.81. The van der Waals surface area contributed by atoms with E-state index in [1.165, 1.54) is 5.56 Å². The highest BCUT2D eigenvalue weighted by molar-refractivity contribution is 5.99. The molecule has 2 heterocycles. The number of aryl methyl sites for hydroxylation is 2. The Kier molecular flexibility index (Phi) is 4.21. The molecule has 3 rings (SSSR count). The fraction of sp³-hybridized carbons (Fsp3) is 0.500. The molecular formula is C18H24N2O2. The Morgan fingerprint density at radius 3 is 2.91 bits per heavy atom. The summed E-state index contributed by atoms with van der Waals surface area (Å²) in [7, 11) is 0. The molecule has 0 spiro atoms. The second-order valence-corrected chi connectivity index (χ2v) is 6.21. The van der Waals surface area contributed by atoms with Crippen molar-refractivity contribution in [3.8, 4) is 0 Å². The van der Waals surface area contributed by atoms with Gasteiger partial charge in [-0.1, -0.05) is 0 Å². The summed E-state index contributed by atoms with van der Waals surface area (Å²) in [5.74, 6) is 0.596. The first-order valence-electron chi connectivity index (χ1n) is 8.06. The molecule has 1 N–H and O–H groups in total. The van der Waals surface area contributed by atoms with Gasteiger partial charge in [-0.05, 0) is 51.0 Å². The maximum absolute atomic E-state index is 12.8. The van der Waals surface area contributed by atoms with E-state index < -0.39 is 0 Å². The zero-order chi connectivity index (χ0) is 15.7. The van der Waals surface area contributed by atoms with Gasteiger partial charge < -0.3 is 14.6 Å². The number of fused-ring (bicyclic) bond motifs is 1. The quantitative estimate of drug-likeness (QED) is 0.942. The van der Waals surface area contributed by atoms with Crippen LogP contribution in [0.2, 0.25) is 0 Å². The summed E-state index contributed by atoms with van der Waals surface area (Å²) < 4.78 is 5.42. The summed E-state index contributed by atoms with van der Waals surface area (Å²) in [5.41, 5.74) is 4.25. The van der Waals surface area contributed by atoms with Crippen molar-refractivity contribution in [1.29, 1.82) is 0 Å². The summed E-state index contributed by atoms with van der Waals surface area (Å²) in [6.45, 7) is 9.32. The third-order valence-corrected chi connectivity index (χ3v) is 4.73. The Labute approximate surface area is 131 Å². The summed E-state index contributed by atoms with van der Waals surface area (Å²) in [6, 6.07) is 5.95. The number of rotatable bonds is 4. The van der Waals surface area contributed by atoms with Crippen molar-refractivity contribution < 1.29 is 9.53 Å². The number of nitrogens with one attached hydrogen (secondary N) is 1. The topological polar surface area (TPSA) is 45.3 Å². The summed E-state index contributed by atoms with van der Waals surface area (Å²) in [6.07, 6.45) is 1.05. The standard InChI is InChI=1S/C18H24N2O2/c1-4-20(10-14-7-8-22-11-14)18(21)15-5-6-17-16(9-15)12(2)13(3)19-17/h5-6,9,14,19H,4,7-8,10-11H2,1-3H3. The fourth-order valence-electron chi connectivity index (χ4n) is 3.17. The van der Waals surface area contributed by atoms with Gasteiger partial charge in [0.2, 0.25) is 0 Å². The van der Waals surface area contributed by atoms with Crippen LogP contribution in [-0.2, 0) is 4.74 Å². The van der Waals surface area contributed by atoms with Crippen molar-refractivity contribution in [3.05, 3.63) is 35.0 Å². The monoisotopic (exact) mass is 300 g/mol. The van der Waals surface area contributed by atoms with Crippen LogP contribution in [-0.4, -0.2) is 42.1 Å². The van der Waals surface area contributed by atoms with E-state index in [1.807, 2.05) is 30.0 Å². The van der Waals surface area contributed by atoms with Gasteiger partial charge in [0.1, 0.15) is 0 Å². The third-order valence-electron chi connectivity index (χ3n) is 4.73. The van der Waals surface area contributed by atoms with Crippen LogP contribution in [0.25, 0.3) is 10.9 Å². The van der Waals surface area contributed by atoms with Crippen molar-refractivity contribution in [2.75, 3.05) is 26.3 Å². The number of aromatic nitrogens is 1. The van der Waals surface area contributed by atoms with E-state index in [0.717, 1.165) is 54.9 Å². The van der Waals surface area contributed by atoms with Gasteiger partial charge in [0.25, 0.3) is 5.91 Å². The molecule has 1 fully saturated rings. The predicted molar refractivity (Wildman–Crippen MR) is 88.3 cm³/mol. The van der Waals surface area contributed by atoms with E-state index in [9.17, 15) is 4.79 Å². The molecule has 1 aromatic carbocycles. The van der Waals surface area contributed by atoms with Crippen LogP contribution in [0, 0.1) is 19.8 Å². The minimum atomic E-state index is 0.120. The minimum absolute atomic E-state index is 0.120. The highest BCUT2D eigenvalue weighted by atomic mass is 16.5. The first kappa shape index (κ1) is 15.1. The lowest BCUT2D eigenvalue weighted by molar-refractivity contribution is 0.0731. The zero-order valence-corrected chi connectivity index (χ0v) is 13.6. The third kappa shape index (κ3) is 2.75. The Balaban J connectivity index is 1.84. The minimum Gasteiger partial charge on any atom is -0.381 e. The Bertz CT molecular complexity index is 684. The predicted octanol–water partition coefficient (Wildman–Crippen LogP) is 3.28. The molecule has 22 heavy (non-hydrogen) atoms. The maximum atomic E-state index is 12.8. The van der Waals surface area contributed by atoms with Gasteiger partial charge in [-0.2, -0.15) is 0 Å². The summed E-state index contributed by atoms with van der Waals surface area (Å²) in [4.78, 5) is 18.1. The average molecular weight is 300 g/mol. The summed E-state index contributed by atoms with van der Waals surface area (Å²) >= 11 is 0. The molecule has 1 unspecified atom stereocenters. The number of ether oxygens (including phenoxy) is 1. The molecule has 1 aliphatic rings. The average Bonchev–Trinajstić information content (AvgIpc) is 3.13. The fourth-order valence-corrected chi connectivity index (χ4v) is 3.17. The molecule has 1 aliphatic heterocycles. The van der Waals surface area contributed by atoms with E-state index in [-0.39, 0.29) is 5.91 Å². The van der Waals surface area contributed by atoms with Crippen molar-refractivity contribution in [3.63, 3.8) is 0 Å². The van der Waals surface area contributed by atoms with Crippen molar-refractivity contribution in [2.45, 2.75) is 27.2 Å². The number of carbonyl (C=O) groups excluding carboxylic acids is 1. The zero-order valence-electron chi connectivity index (χ0n) is 13.6. The lowest BCUT2D eigenvalue weighted by Crippen LogP contribution is -2.35. The van der Waals surface area contributed by atoms with Crippen LogP contribution < -0.4 is 0 Å². The number of amides is 1. The van der Waals surface area contributed by atoms with Crippen LogP contribution in [0.1, 0.15) is 35.0 Å². The molecule has 1 saturated heterocycles. The number of H-pyrrole nitrogens is 1. The van der Waals surface area contributed by atoms with Crippen molar-refractivity contribution >= 4 is 16.8 Å². The van der Waals surface area contributed by atoms with Gasteiger partial charge >= 0.3 is 0 Å². The van der Waals surface area contributed by atoms with E-state index in [4.69, 9.17) is 4.74 Å². The van der Waals surface area contributed by atoms with Crippen LogP contribution in [0.15, 0.2) is 18.2 Å². The Morgan fingerprint density at radius 1 is 1.41 bits per heavy atom. The highest BCUT2D eigenvalue weighted by Crippen LogP contribution is 2.23. The second-order valence-electron chi connectivity index (χ2n) is 6.21. The van der Waals surface area contributed by atoms with E-state index in [2.05, 4.69) is 18.8 Å². The molecule has 4 nitrogen and oxygen atoms in total. The molecule has 0 bridgehead atoms. The summed E-state index contributed by atoms with van der Waals surface area (Å²) in [5, 5.41) is 1.14. The first-order valence-corrected chi connectivity index (χ1v) is 8.06. The van der Waals surface area contributed by atoms with Gasteiger partial charge in [0, 0.05) is 47.8 Å². The van der Waals surface area contributed by atoms with E-state index in [0.29, 0.717) is 5.92 Å². The van der Waals surface area contributed by atoms with E-state index >= 15 is 0 Å².